The highest BCUT2D eigenvalue weighted by molar-refractivity contribution is 6.29. The number of fused-ring (bicyclic) bond motifs is 3. The Morgan fingerprint density at radius 2 is 1.88 bits per heavy atom. The van der Waals surface area contributed by atoms with Gasteiger partial charge in [-0.3, -0.25) is 4.90 Å². The zero-order chi connectivity index (χ0) is 21.7. The molecule has 2 unspecified atom stereocenters. The molecule has 32 heavy (non-hydrogen) atoms. The Kier molecular flexibility index (Phi) is 4.56. The fourth-order valence-corrected chi connectivity index (χ4v) is 5.09. The fourth-order valence-electron chi connectivity index (χ4n) is 4.91. The zero-order valence-corrected chi connectivity index (χ0v) is 18.0. The number of benzene rings is 1. The van der Waals surface area contributed by atoms with Crippen molar-refractivity contribution in [2.45, 2.75) is 25.0 Å². The van der Waals surface area contributed by atoms with Gasteiger partial charge in [0.15, 0.2) is 0 Å². The predicted molar refractivity (Wildman–Crippen MR) is 122 cm³/mol. The van der Waals surface area contributed by atoms with Crippen molar-refractivity contribution in [2.24, 2.45) is 0 Å². The van der Waals surface area contributed by atoms with Crippen molar-refractivity contribution in [1.29, 1.82) is 5.26 Å². The summed E-state index contributed by atoms with van der Waals surface area (Å²) in [4.78, 5) is 14.2. The Labute approximate surface area is 190 Å². The van der Waals surface area contributed by atoms with Crippen molar-refractivity contribution in [1.82, 2.24) is 24.5 Å². The van der Waals surface area contributed by atoms with Crippen molar-refractivity contribution in [2.75, 3.05) is 18.0 Å². The van der Waals surface area contributed by atoms with Gasteiger partial charge in [0.1, 0.15) is 33.8 Å². The number of halogens is 1. The second-order valence-corrected chi connectivity index (χ2v) is 8.77. The third-order valence-electron chi connectivity index (χ3n) is 6.49. The number of aromatic nitrogens is 4. The molecule has 0 amide bonds. The molecule has 7 nitrogen and oxygen atoms in total. The van der Waals surface area contributed by atoms with Gasteiger partial charge in [-0.15, -0.1) is 0 Å². The number of piperidine rings is 1. The average molecular weight is 442 g/mol. The van der Waals surface area contributed by atoms with Crippen LogP contribution in [-0.2, 0) is 6.54 Å². The Morgan fingerprint density at radius 1 is 1.06 bits per heavy atom. The molecule has 7 rings (SSSR count). The fraction of sp³-hybridized carbons (Fsp3) is 0.250. The molecule has 0 radical (unpaired) electrons. The van der Waals surface area contributed by atoms with Gasteiger partial charge in [0, 0.05) is 43.5 Å². The largest absolute Gasteiger partial charge is 0.353 e. The van der Waals surface area contributed by atoms with Gasteiger partial charge in [0.2, 0.25) is 0 Å². The molecule has 8 heteroatoms. The summed E-state index contributed by atoms with van der Waals surface area (Å²) in [5.41, 5.74) is 3.90. The number of hydrogen-bond acceptors (Lipinski definition) is 6. The van der Waals surface area contributed by atoms with E-state index in [0.717, 1.165) is 31.0 Å². The number of nitriles is 1. The maximum absolute atomic E-state index is 9.43. The van der Waals surface area contributed by atoms with E-state index in [0.29, 0.717) is 34.0 Å². The van der Waals surface area contributed by atoms with Crippen LogP contribution in [0.4, 0.5) is 5.82 Å². The lowest BCUT2D eigenvalue weighted by Crippen LogP contribution is -2.68. The Morgan fingerprint density at radius 3 is 2.59 bits per heavy atom. The summed E-state index contributed by atoms with van der Waals surface area (Å²) in [5.74, 6) is 0.967. The van der Waals surface area contributed by atoms with Crippen LogP contribution < -0.4 is 4.90 Å². The minimum absolute atomic E-state index is 0.318. The smallest absolute Gasteiger partial charge is 0.148 e. The van der Waals surface area contributed by atoms with Crippen LogP contribution in [0.5, 0.6) is 0 Å². The summed E-state index contributed by atoms with van der Waals surface area (Å²) in [6, 6.07) is 18.0. The molecule has 0 spiro atoms. The van der Waals surface area contributed by atoms with Gasteiger partial charge in [-0.1, -0.05) is 41.9 Å². The quantitative estimate of drug-likeness (QED) is 0.480. The predicted octanol–water partition coefficient (Wildman–Crippen LogP) is 3.78. The topological polar surface area (TPSA) is 73.4 Å². The van der Waals surface area contributed by atoms with Crippen molar-refractivity contribution < 1.29 is 0 Å². The van der Waals surface area contributed by atoms with E-state index in [1.807, 2.05) is 18.3 Å². The van der Waals surface area contributed by atoms with E-state index < -0.39 is 0 Å². The molecule has 158 valence electrons. The number of rotatable bonds is 4. The Hall–Kier alpha value is -3.47. The lowest BCUT2D eigenvalue weighted by atomic mass is 9.86. The van der Waals surface area contributed by atoms with Gasteiger partial charge in [-0.2, -0.15) is 10.4 Å². The van der Waals surface area contributed by atoms with Gasteiger partial charge in [-0.25, -0.2) is 14.5 Å². The minimum atomic E-state index is 0.318. The lowest BCUT2D eigenvalue weighted by Gasteiger charge is -2.56. The lowest BCUT2D eigenvalue weighted by molar-refractivity contribution is -0.00867. The molecular formula is C24H20ClN7. The van der Waals surface area contributed by atoms with Crippen molar-refractivity contribution in [3.63, 3.8) is 0 Å². The van der Waals surface area contributed by atoms with Crippen LogP contribution in [0.2, 0.25) is 5.15 Å². The Bertz CT molecular complexity index is 1310. The number of nitrogens with zero attached hydrogens (tertiary/aromatic N) is 7. The molecule has 4 aromatic rings. The van der Waals surface area contributed by atoms with E-state index in [2.05, 4.69) is 56.3 Å². The summed E-state index contributed by atoms with van der Waals surface area (Å²) < 4.78 is 1.59. The van der Waals surface area contributed by atoms with Crippen molar-refractivity contribution in [3.05, 3.63) is 77.3 Å². The molecular weight excluding hydrogens is 422 g/mol. The average Bonchev–Trinajstić information content (AvgIpc) is 3.25. The number of piperazine rings is 1. The van der Waals surface area contributed by atoms with E-state index in [1.165, 1.54) is 18.2 Å². The van der Waals surface area contributed by atoms with Gasteiger partial charge < -0.3 is 4.90 Å². The monoisotopic (exact) mass is 441 g/mol. The first kappa shape index (κ1) is 19.2. The first-order valence-electron chi connectivity index (χ1n) is 10.6. The first-order chi connectivity index (χ1) is 15.7. The van der Waals surface area contributed by atoms with Crippen LogP contribution in [0.15, 0.2) is 61.1 Å². The molecule has 0 aliphatic carbocycles. The molecule has 0 N–H and O–H groups in total. The van der Waals surface area contributed by atoms with E-state index >= 15 is 0 Å². The summed E-state index contributed by atoms with van der Waals surface area (Å²) in [7, 11) is 0. The molecule has 3 saturated heterocycles. The van der Waals surface area contributed by atoms with Gasteiger partial charge in [-0.05, 0) is 24.1 Å². The van der Waals surface area contributed by atoms with Gasteiger partial charge >= 0.3 is 0 Å². The molecule has 3 aliphatic rings. The third kappa shape index (κ3) is 3.20. The van der Waals surface area contributed by atoms with Crippen molar-refractivity contribution in [3.8, 4) is 17.3 Å². The normalized spacial score (nSPS) is 20.2. The molecule has 2 atom stereocenters. The standard InChI is InChI=1S/C24H20ClN7/c25-21-15-32-24(18(9-26)11-28-32)23(29-21)17-6-7-22(27-10-17)30-13-19-8-20(14-30)31(19)12-16-4-2-1-3-5-16/h1-7,10-11,15,19-20H,8,12-14H2. The van der Waals surface area contributed by atoms with E-state index in [9.17, 15) is 5.26 Å². The maximum atomic E-state index is 9.43. The number of pyridine rings is 1. The summed E-state index contributed by atoms with van der Waals surface area (Å²) in [6.07, 6.45) is 6.19. The second kappa shape index (κ2) is 7.59. The summed E-state index contributed by atoms with van der Waals surface area (Å²) in [5, 5.41) is 14.0. The van der Waals surface area contributed by atoms with Gasteiger partial charge in [0.05, 0.1) is 12.4 Å². The van der Waals surface area contributed by atoms with Crippen LogP contribution >= 0.6 is 11.6 Å². The molecule has 6 heterocycles. The molecule has 0 saturated carbocycles. The van der Waals surface area contributed by atoms with E-state index in [-0.39, 0.29) is 0 Å². The first-order valence-corrected chi connectivity index (χ1v) is 11.0. The third-order valence-corrected chi connectivity index (χ3v) is 6.67. The van der Waals surface area contributed by atoms with Crippen LogP contribution in [0.3, 0.4) is 0 Å². The number of anilines is 1. The summed E-state index contributed by atoms with van der Waals surface area (Å²) in [6.45, 7) is 2.98. The van der Waals surface area contributed by atoms with E-state index in [4.69, 9.17) is 16.6 Å². The van der Waals surface area contributed by atoms with Crippen molar-refractivity contribution >= 4 is 22.9 Å². The molecule has 3 fully saturated rings. The SMILES string of the molecule is N#Cc1cnn2cc(Cl)nc(-c3ccc(N4CC5CC(C4)N5Cc4ccccc4)nc3)c12. The molecule has 3 aromatic heterocycles. The zero-order valence-electron chi connectivity index (χ0n) is 17.3. The highest BCUT2D eigenvalue weighted by Gasteiger charge is 2.44. The van der Waals surface area contributed by atoms with Crippen LogP contribution in [-0.4, -0.2) is 49.7 Å². The molecule has 1 aromatic carbocycles. The Balaban J connectivity index is 1.22. The maximum Gasteiger partial charge on any atom is 0.148 e. The van der Waals surface area contributed by atoms with Crippen LogP contribution in [0.1, 0.15) is 17.5 Å². The number of hydrogen-bond donors (Lipinski definition) is 0. The highest BCUT2D eigenvalue weighted by Crippen LogP contribution is 2.36. The summed E-state index contributed by atoms with van der Waals surface area (Å²) >= 11 is 6.18. The highest BCUT2D eigenvalue weighted by atomic mass is 35.5. The van der Waals surface area contributed by atoms with Gasteiger partial charge in [0.25, 0.3) is 0 Å². The van der Waals surface area contributed by atoms with E-state index in [1.54, 1.807) is 10.7 Å². The molecule has 2 bridgehead atoms. The molecule has 3 aliphatic heterocycles. The van der Waals surface area contributed by atoms with Crippen LogP contribution in [0, 0.1) is 11.3 Å². The van der Waals surface area contributed by atoms with Crippen LogP contribution in [0.25, 0.3) is 16.8 Å². The minimum Gasteiger partial charge on any atom is -0.353 e. The second-order valence-electron chi connectivity index (χ2n) is 8.39.